The molecule has 0 amide bonds. The quantitative estimate of drug-likeness (QED) is 0.454. The molecule has 1 saturated heterocycles. The van der Waals surface area contributed by atoms with Crippen LogP contribution >= 0.6 is 24.0 Å². The first-order valence-electron chi connectivity index (χ1n) is 8.24. The Morgan fingerprint density at radius 2 is 2.21 bits per heavy atom. The largest absolute Gasteiger partial charge is 0.370 e. The average Bonchev–Trinajstić information content (AvgIpc) is 2.99. The molecular formula is C18H26IN5. The van der Waals surface area contributed by atoms with E-state index >= 15 is 0 Å². The minimum atomic E-state index is 0. The van der Waals surface area contributed by atoms with Crippen molar-refractivity contribution in [2.24, 2.45) is 23.7 Å². The van der Waals surface area contributed by atoms with Crippen LogP contribution in [0.4, 0.5) is 0 Å². The van der Waals surface area contributed by atoms with E-state index in [-0.39, 0.29) is 24.0 Å². The number of piperidine rings is 1. The Hall–Kier alpha value is -1.57. The lowest BCUT2D eigenvalue weighted by atomic mass is 10.0. The van der Waals surface area contributed by atoms with Crippen molar-refractivity contribution >= 4 is 29.9 Å². The Morgan fingerprint density at radius 1 is 1.38 bits per heavy atom. The Balaban J connectivity index is 0.00000208. The molecule has 24 heavy (non-hydrogen) atoms. The highest BCUT2D eigenvalue weighted by Gasteiger charge is 2.17. The summed E-state index contributed by atoms with van der Waals surface area (Å²) in [5.74, 6) is 1.37. The molecule has 0 saturated carbocycles. The minimum Gasteiger partial charge on any atom is -0.370 e. The second kappa shape index (κ2) is 8.50. The van der Waals surface area contributed by atoms with Gasteiger partial charge in [0.15, 0.2) is 5.96 Å². The highest BCUT2D eigenvalue weighted by Crippen LogP contribution is 2.20. The Bertz CT molecular complexity index is 694. The summed E-state index contributed by atoms with van der Waals surface area (Å²) in [6.45, 7) is 4.93. The van der Waals surface area contributed by atoms with Crippen LogP contribution in [0, 0.1) is 5.92 Å². The zero-order valence-corrected chi connectivity index (χ0v) is 16.7. The molecule has 1 aromatic carbocycles. The lowest BCUT2D eigenvalue weighted by Crippen LogP contribution is -2.43. The van der Waals surface area contributed by atoms with Gasteiger partial charge in [0, 0.05) is 31.9 Å². The number of nitrogens with two attached hydrogens (primary N) is 1. The molecule has 0 bridgehead atoms. The van der Waals surface area contributed by atoms with Gasteiger partial charge >= 0.3 is 0 Å². The summed E-state index contributed by atoms with van der Waals surface area (Å²) in [5.41, 5.74) is 9.62. The first-order chi connectivity index (χ1) is 11.1. The lowest BCUT2D eigenvalue weighted by molar-refractivity contribution is 0.270. The van der Waals surface area contributed by atoms with Crippen LogP contribution in [0.25, 0.3) is 11.1 Å². The van der Waals surface area contributed by atoms with Crippen LogP contribution in [0.3, 0.4) is 0 Å². The topological polar surface area (TPSA) is 59.4 Å². The third-order valence-electron chi connectivity index (χ3n) is 4.37. The summed E-state index contributed by atoms with van der Waals surface area (Å²) < 4.78 is 1.82. The smallest absolute Gasteiger partial charge is 0.191 e. The summed E-state index contributed by atoms with van der Waals surface area (Å²) in [7, 11) is 1.93. The molecule has 0 aliphatic carbocycles. The Morgan fingerprint density at radius 3 is 2.92 bits per heavy atom. The molecule has 1 aromatic heterocycles. The molecule has 1 unspecified atom stereocenters. The number of aromatic nitrogens is 2. The van der Waals surface area contributed by atoms with E-state index in [4.69, 9.17) is 5.73 Å². The number of hydrogen-bond acceptors (Lipinski definition) is 2. The van der Waals surface area contributed by atoms with Gasteiger partial charge < -0.3 is 10.6 Å². The van der Waals surface area contributed by atoms with Gasteiger partial charge in [-0.3, -0.25) is 4.68 Å². The van der Waals surface area contributed by atoms with Crippen LogP contribution in [0.1, 0.15) is 25.3 Å². The predicted octanol–water partition coefficient (Wildman–Crippen LogP) is 3.25. The van der Waals surface area contributed by atoms with Crippen molar-refractivity contribution in [3.05, 3.63) is 42.2 Å². The van der Waals surface area contributed by atoms with E-state index in [2.05, 4.69) is 46.2 Å². The van der Waals surface area contributed by atoms with E-state index in [0.717, 1.165) is 24.2 Å². The summed E-state index contributed by atoms with van der Waals surface area (Å²) in [4.78, 5) is 6.80. The van der Waals surface area contributed by atoms with Crippen LogP contribution in [-0.4, -0.2) is 33.7 Å². The highest BCUT2D eigenvalue weighted by atomic mass is 127. The molecule has 2 aromatic rings. The van der Waals surface area contributed by atoms with Gasteiger partial charge in [-0.1, -0.05) is 25.1 Å². The van der Waals surface area contributed by atoms with Crippen molar-refractivity contribution in [2.75, 3.05) is 13.1 Å². The van der Waals surface area contributed by atoms with Crippen molar-refractivity contribution in [3.8, 4) is 11.1 Å². The van der Waals surface area contributed by atoms with E-state index in [1.807, 2.05) is 24.1 Å². The number of likely N-dealkylation sites (tertiary alicyclic amines) is 1. The van der Waals surface area contributed by atoms with Crippen molar-refractivity contribution in [2.45, 2.75) is 26.3 Å². The van der Waals surface area contributed by atoms with Crippen LogP contribution in [0.5, 0.6) is 0 Å². The molecular weight excluding hydrogens is 413 g/mol. The number of halogens is 1. The van der Waals surface area contributed by atoms with Crippen molar-refractivity contribution in [1.82, 2.24) is 14.7 Å². The molecule has 0 radical (unpaired) electrons. The molecule has 1 fully saturated rings. The maximum absolute atomic E-state index is 6.17. The fraction of sp³-hybridized carbons (Fsp3) is 0.444. The second-order valence-electron chi connectivity index (χ2n) is 6.47. The molecule has 5 nitrogen and oxygen atoms in total. The highest BCUT2D eigenvalue weighted by molar-refractivity contribution is 14.0. The van der Waals surface area contributed by atoms with Crippen molar-refractivity contribution in [3.63, 3.8) is 0 Å². The predicted molar refractivity (Wildman–Crippen MR) is 109 cm³/mol. The fourth-order valence-electron chi connectivity index (χ4n) is 3.09. The maximum atomic E-state index is 6.17. The van der Waals surface area contributed by atoms with Crippen LogP contribution < -0.4 is 5.73 Å². The molecule has 2 heterocycles. The summed E-state index contributed by atoms with van der Waals surface area (Å²) >= 11 is 0. The van der Waals surface area contributed by atoms with Crippen molar-refractivity contribution in [1.29, 1.82) is 0 Å². The first kappa shape index (κ1) is 18.8. The summed E-state index contributed by atoms with van der Waals surface area (Å²) in [6, 6.07) is 8.41. The number of aryl methyl sites for hydroxylation is 1. The van der Waals surface area contributed by atoms with Gasteiger partial charge in [0.05, 0.1) is 12.7 Å². The second-order valence-corrected chi connectivity index (χ2v) is 6.47. The van der Waals surface area contributed by atoms with Crippen LogP contribution in [0.2, 0.25) is 0 Å². The molecule has 0 spiro atoms. The van der Waals surface area contributed by atoms with Gasteiger partial charge in [-0.25, -0.2) is 4.99 Å². The normalized spacial score (nSPS) is 18.3. The van der Waals surface area contributed by atoms with Gasteiger partial charge in [0.2, 0.25) is 0 Å². The summed E-state index contributed by atoms with van der Waals surface area (Å²) in [6.07, 6.45) is 6.39. The number of hydrogen-bond donors (Lipinski definition) is 1. The molecule has 6 heteroatoms. The molecule has 130 valence electrons. The number of aliphatic imine (C=N–C) groups is 1. The standard InChI is InChI=1S/C18H25N5.HI/c1-14-5-4-8-23(12-14)18(19)20-10-15-6-3-7-16(9-15)17-11-21-22(2)13-17;/h3,6-7,9,11,13-14H,4-5,8,10,12H2,1-2H3,(H2,19,20);1H. The molecule has 1 aliphatic heterocycles. The average molecular weight is 439 g/mol. The summed E-state index contributed by atoms with van der Waals surface area (Å²) in [5, 5.41) is 4.23. The van der Waals surface area contributed by atoms with Gasteiger partial charge in [-0.05, 0) is 36.0 Å². The maximum Gasteiger partial charge on any atom is 0.191 e. The number of nitrogens with zero attached hydrogens (tertiary/aromatic N) is 4. The fourth-order valence-corrected chi connectivity index (χ4v) is 3.09. The number of benzene rings is 1. The van der Waals surface area contributed by atoms with E-state index in [1.165, 1.54) is 18.4 Å². The molecule has 1 aliphatic rings. The number of rotatable bonds is 3. The Labute approximate surface area is 161 Å². The minimum absolute atomic E-state index is 0. The van der Waals surface area contributed by atoms with Crippen molar-refractivity contribution < 1.29 is 0 Å². The van der Waals surface area contributed by atoms with E-state index in [1.54, 1.807) is 0 Å². The van der Waals surface area contributed by atoms with Gasteiger partial charge in [0.1, 0.15) is 0 Å². The zero-order chi connectivity index (χ0) is 16.2. The monoisotopic (exact) mass is 439 g/mol. The van der Waals surface area contributed by atoms with E-state index < -0.39 is 0 Å². The van der Waals surface area contributed by atoms with E-state index in [9.17, 15) is 0 Å². The SMILES string of the molecule is CC1CCCN(C(N)=NCc2cccc(-c3cnn(C)c3)c2)C1.I. The van der Waals surface area contributed by atoms with Gasteiger partial charge in [-0.2, -0.15) is 5.10 Å². The van der Waals surface area contributed by atoms with Crippen LogP contribution in [-0.2, 0) is 13.6 Å². The van der Waals surface area contributed by atoms with E-state index in [0.29, 0.717) is 18.4 Å². The molecule has 3 rings (SSSR count). The third kappa shape index (κ3) is 4.72. The first-order valence-corrected chi connectivity index (χ1v) is 8.24. The van der Waals surface area contributed by atoms with Gasteiger partial charge in [0.25, 0.3) is 0 Å². The third-order valence-corrected chi connectivity index (χ3v) is 4.37. The molecule has 2 N–H and O–H groups in total. The van der Waals surface area contributed by atoms with Crippen LogP contribution in [0.15, 0.2) is 41.7 Å². The Kier molecular flexibility index (Phi) is 6.65. The van der Waals surface area contributed by atoms with Gasteiger partial charge in [-0.15, -0.1) is 24.0 Å². The number of guanidine groups is 1. The zero-order valence-electron chi connectivity index (χ0n) is 14.4. The molecule has 1 atom stereocenters. The lowest BCUT2D eigenvalue weighted by Gasteiger charge is -2.31.